The smallest absolute Gasteiger partial charge is 0.244 e. The van der Waals surface area contributed by atoms with Gasteiger partial charge >= 0.3 is 0 Å². The van der Waals surface area contributed by atoms with Crippen molar-refractivity contribution in [2.45, 2.75) is 37.8 Å². The minimum Gasteiger partial charge on any atom is -0.315 e. The molecule has 1 aromatic rings. The van der Waals surface area contributed by atoms with Gasteiger partial charge in [0.05, 0.1) is 0 Å². The quantitative estimate of drug-likeness (QED) is 0.792. The molecule has 0 amide bonds. The molecule has 116 valence electrons. The highest BCUT2D eigenvalue weighted by atomic mass is 32.2. The molecule has 0 radical (unpaired) electrons. The molecular weight excluding hydrogens is 312 g/mol. The van der Waals surface area contributed by atoms with E-state index in [2.05, 4.69) is 5.32 Å². The van der Waals surface area contributed by atoms with Gasteiger partial charge in [0, 0.05) is 24.5 Å². The average Bonchev–Trinajstić information content (AvgIpc) is 2.77. The van der Waals surface area contributed by atoms with Crippen molar-refractivity contribution in [1.82, 2.24) is 9.62 Å². The first-order valence-corrected chi connectivity index (χ1v) is 10.3. The molecule has 1 heterocycles. The monoisotopic (exact) mass is 336 g/mol. The molecular formula is C13H24N2O2S3. The van der Waals surface area contributed by atoms with Crippen LogP contribution in [-0.4, -0.2) is 44.9 Å². The topological polar surface area (TPSA) is 49.4 Å². The van der Waals surface area contributed by atoms with Gasteiger partial charge in [-0.25, -0.2) is 8.42 Å². The standard InChI is InChI=1S/C13H24N2O2S3/c1-10-9-19-12(8-14-3)13(10)20(16,17)15(4)11(2)6-7-18-5/h9,11,14H,6-8H2,1-5H3. The molecule has 1 atom stereocenters. The Labute approximate surface area is 131 Å². The van der Waals surface area contributed by atoms with Crippen molar-refractivity contribution < 1.29 is 8.42 Å². The Bertz CT molecular complexity index is 526. The third kappa shape index (κ3) is 3.98. The van der Waals surface area contributed by atoms with Crippen LogP contribution < -0.4 is 5.32 Å². The second-order valence-electron chi connectivity index (χ2n) is 4.85. The summed E-state index contributed by atoms with van der Waals surface area (Å²) in [6.45, 7) is 4.41. The number of nitrogens with one attached hydrogen (secondary N) is 1. The van der Waals surface area contributed by atoms with Crippen LogP contribution in [0.1, 0.15) is 23.8 Å². The van der Waals surface area contributed by atoms with Gasteiger partial charge in [-0.05, 0) is 50.3 Å². The third-order valence-corrected chi connectivity index (χ3v) is 7.40. The Morgan fingerprint density at radius 1 is 1.50 bits per heavy atom. The number of thioether (sulfide) groups is 1. The summed E-state index contributed by atoms with van der Waals surface area (Å²) in [6.07, 6.45) is 2.90. The Morgan fingerprint density at radius 3 is 2.70 bits per heavy atom. The molecule has 7 heteroatoms. The van der Waals surface area contributed by atoms with E-state index in [9.17, 15) is 8.42 Å². The largest absolute Gasteiger partial charge is 0.315 e. The van der Waals surface area contributed by atoms with Gasteiger partial charge in [-0.2, -0.15) is 16.1 Å². The van der Waals surface area contributed by atoms with E-state index in [-0.39, 0.29) is 6.04 Å². The second-order valence-corrected chi connectivity index (χ2v) is 8.74. The van der Waals surface area contributed by atoms with E-state index in [1.54, 1.807) is 18.8 Å². The molecule has 0 bridgehead atoms. The molecule has 1 aromatic heterocycles. The average molecular weight is 337 g/mol. The maximum atomic E-state index is 12.8. The Morgan fingerprint density at radius 2 is 2.15 bits per heavy atom. The molecule has 1 unspecified atom stereocenters. The summed E-state index contributed by atoms with van der Waals surface area (Å²) in [7, 11) is 0.0964. The van der Waals surface area contributed by atoms with Crippen LogP contribution >= 0.6 is 23.1 Å². The highest BCUT2D eigenvalue weighted by molar-refractivity contribution is 7.98. The molecule has 0 aliphatic rings. The van der Waals surface area contributed by atoms with E-state index in [1.807, 2.05) is 32.5 Å². The van der Waals surface area contributed by atoms with Crippen LogP contribution in [0, 0.1) is 6.92 Å². The minimum absolute atomic E-state index is 0.00851. The first kappa shape index (κ1) is 18.0. The van der Waals surface area contributed by atoms with E-state index in [1.165, 1.54) is 15.6 Å². The molecule has 0 saturated carbocycles. The third-order valence-electron chi connectivity index (χ3n) is 3.32. The molecule has 1 N–H and O–H groups in total. The van der Waals surface area contributed by atoms with Crippen LogP contribution in [0.4, 0.5) is 0 Å². The number of sulfonamides is 1. The zero-order valence-electron chi connectivity index (χ0n) is 12.8. The minimum atomic E-state index is -3.41. The van der Waals surface area contributed by atoms with Crippen LogP contribution in [0.5, 0.6) is 0 Å². The molecule has 0 saturated heterocycles. The van der Waals surface area contributed by atoms with E-state index >= 15 is 0 Å². The predicted octanol–water partition coefficient (Wildman–Crippen LogP) is 2.54. The van der Waals surface area contributed by atoms with Crippen LogP contribution in [-0.2, 0) is 16.6 Å². The number of thiophene rings is 1. The van der Waals surface area contributed by atoms with Gasteiger partial charge in [0.2, 0.25) is 10.0 Å². The normalized spacial score (nSPS) is 13.9. The molecule has 0 aliphatic heterocycles. The van der Waals surface area contributed by atoms with Crippen LogP contribution in [0.25, 0.3) is 0 Å². The summed E-state index contributed by atoms with van der Waals surface area (Å²) in [5, 5.41) is 4.95. The summed E-state index contributed by atoms with van der Waals surface area (Å²) in [6, 6.07) is 0.00851. The van der Waals surface area contributed by atoms with Crippen molar-refractivity contribution in [3.63, 3.8) is 0 Å². The zero-order valence-corrected chi connectivity index (χ0v) is 15.2. The molecule has 4 nitrogen and oxygen atoms in total. The number of nitrogens with zero attached hydrogens (tertiary/aromatic N) is 1. The maximum absolute atomic E-state index is 12.8. The number of rotatable bonds is 8. The fourth-order valence-electron chi connectivity index (χ4n) is 1.97. The van der Waals surface area contributed by atoms with Crippen molar-refractivity contribution in [3.8, 4) is 0 Å². The van der Waals surface area contributed by atoms with Crippen molar-refractivity contribution in [2.75, 3.05) is 26.1 Å². The molecule has 0 spiro atoms. The van der Waals surface area contributed by atoms with Crippen molar-refractivity contribution in [1.29, 1.82) is 0 Å². The number of aryl methyl sites for hydroxylation is 1. The first-order valence-electron chi connectivity index (χ1n) is 6.54. The Kier molecular flexibility index (Phi) is 7.00. The van der Waals surface area contributed by atoms with E-state index < -0.39 is 10.0 Å². The number of hydrogen-bond acceptors (Lipinski definition) is 5. The second kappa shape index (κ2) is 7.79. The van der Waals surface area contributed by atoms with Gasteiger partial charge in [-0.3, -0.25) is 0 Å². The van der Waals surface area contributed by atoms with Gasteiger partial charge in [0.25, 0.3) is 0 Å². The highest BCUT2D eigenvalue weighted by Crippen LogP contribution is 2.30. The molecule has 0 aromatic carbocycles. The van der Waals surface area contributed by atoms with Crippen molar-refractivity contribution in [2.24, 2.45) is 0 Å². The predicted molar refractivity (Wildman–Crippen MR) is 89.2 cm³/mol. The van der Waals surface area contributed by atoms with Gasteiger partial charge < -0.3 is 5.32 Å². The molecule has 20 heavy (non-hydrogen) atoms. The lowest BCUT2D eigenvalue weighted by Crippen LogP contribution is -2.36. The lowest BCUT2D eigenvalue weighted by molar-refractivity contribution is 0.382. The maximum Gasteiger partial charge on any atom is 0.244 e. The van der Waals surface area contributed by atoms with Crippen LogP contribution in [0.2, 0.25) is 0 Å². The van der Waals surface area contributed by atoms with E-state index in [4.69, 9.17) is 0 Å². The van der Waals surface area contributed by atoms with E-state index in [0.717, 1.165) is 22.6 Å². The van der Waals surface area contributed by atoms with Gasteiger partial charge in [0.15, 0.2) is 0 Å². The van der Waals surface area contributed by atoms with Gasteiger partial charge in [-0.15, -0.1) is 11.3 Å². The lowest BCUT2D eigenvalue weighted by Gasteiger charge is -2.24. The fraction of sp³-hybridized carbons (Fsp3) is 0.692. The van der Waals surface area contributed by atoms with Crippen molar-refractivity contribution >= 4 is 33.1 Å². The number of hydrogen-bond donors (Lipinski definition) is 1. The SMILES string of the molecule is CNCc1scc(C)c1S(=O)(=O)N(C)C(C)CCSC. The first-order chi connectivity index (χ1) is 9.36. The van der Waals surface area contributed by atoms with Crippen LogP contribution in [0.3, 0.4) is 0 Å². The van der Waals surface area contributed by atoms with Gasteiger partial charge in [0.1, 0.15) is 4.90 Å². The van der Waals surface area contributed by atoms with Crippen LogP contribution in [0.15, 0.2) is 10.3 Å². The Hall–Kier alpha value is -0.0800. The molecule has 0 aliphatic carbocycles. The lowest BCUT2D eigenvalue weighted by atomic mass is 10.3. The Balaban J connectivity index is 3.06. The highest BCUT2D eigenvalue weighted by Gasteiger charge is 2.29. The van der Waals surface area contributed by atoms with Gasteiger partial charge in [-0.1, -0.05) is 0 Å². The van der Waals surface area contributed by atoms with Crippen molar-refractivity contribution in [3.05, 3.63) is 15.8 Å². The summed E-state index contributed by atoms with van der Waals surface area (Å²) in [4.78, 5) is 1.37. The summed E-state index contributed by atoms with van der Waals surface area (Å²) >= 11 is 3.24. The summed E-state index contributed by atoms with van der Waals surface area (Å²) < 4.78 is 27.1. The molecule has 1 rings (SSSR count). The van der Waals surface area contributed by atoms with E-state index in [0.29, 0.717) is 11.4 Å². The fourth-order valence-corrected chi connectivity index (χ4v) is 5.70. The summed E-state index contributed by atoms with van der Waals surface area (Å²) in [5.41, 5.74) is 0.837. The zero-order chi connectivity index (χ0) is 15.3. The molecule has 0 fully saturated rings. The summed E-state index contributed by atoms with van der Waals surface area (Å²) in [5.74, 6) is 0.965.